The smallest absolute Gasteiger partial charge is 0.0223 e. The molecule has 0 atom stereocenters. The highest BCUT2D eigenvalue weighted by Crippen LogP contribution is 2.10. The van der Waals surface area contributed by atoms with Crippen LogP contribution in [-0.2, 0) is 0 Å². The molecule has 0 rings (SSSR count). The Hall–Kier alpha value is 0.0300. The Balaban J connectivity index is 2.87. The summed E-state index contributed by atoms with van der Waals surface area (Å²) in [6, 6.07) is 0. The summed E-state index contributed by atoms with van der Waals surface area (Å²) in [5.41, 5.74) is 1.32. The van der Waals surface area contributed by atoms with Crippen LogP contribution in [-0.4, -0.2) is 5.88 Å². The van der Waals surface area contributed by atoms with Gasteiger partial charge in [0.05, 0.1) is 0 Å². The zero-order valence-corrected chi connectivity index (χ0v) is 9.70. The lowest BCUT2D eigenvalue weighted by Gasteiger charge is -2.00. The van der Waals surface area contributed by atoms with E-state index in [-0.39, 0.29) is 0 Å². The van der Waals surface area contributed by atoms with E-state index in [2.05, 4.69) is 13.5 Å². The average Bonchev–Trinajstić information content (AvgIpc) is 2.09. The van der Waals surface area contributed by atoms with E-state index in [1.54, 1.807) is 0 Å². The van der Waals surface area contributed by atoms with Crippen LogP contribution in [0.5, 0.6) is 0 Å². The van der Waals surface area contributed by atoms with Gasteiger partial charge in [0.15, 0.2) is 0 Å². The monoisotopic (exact) mass is 202 g/mol. The average molecular weight is 203 g/mol. The minimum Gasteiger partial charge on any atom is -0.127 e. The summed E-state index contributed by atoms with van der Waals surface area (Å²) in [6.45, 7) is 6.01. The van der Waals surface area contributed by atoms with Crippen molar-refractivity contribution in [2.24, 2.45) is 0 Å². The molecule has 0 aromatic carbocycles. The lowest BCUT2D eigenvalue weighted by Crippen LogP contribution is -1.82. The van der Waals surface area contributed by atoms with Crippen LogP contribution in [0.3, 0.4) is 0 Å². The van der Waals surface area contributed by atoms with Crippen LogP contribution >= 0.6 is 11.6 Å². The first-order valence-electron chi connectivity index (χ1n) is 5.47. The molecule has 0 aliphatic heterocycles. The molecule has 0 aliphatic carbocycles. The fraction of sp³-hybridized carbons (Fsp3) is 0.833. The van der Waals surface area contributed by atoms with E-state index in [1.165, 1.54) is 56.9 Å². The third-order valence-electron chi connectivity index (χ3n) is 2.24. The molecule has 0 N–H and O–H groups in total. The van der Waals surface area contributed by atoms with E-state index in [9.17, 15) is 0 Å². The Morgan fingerprint density at radius 2 is 1.38 bits per heavy atom. The third kappa shape index (κ3) is 12.0. The molecule has 1 heteroatoms. The fourth-order valence-electron chi connectivity index (χ4n) is 1.41. The van der Waals surface area contributed by atoms with Crippen molar-refractivity contribution in [3.05, 3.63) is 12.2 Å². The van der Waals surface area contributed by atoms with E-state index in [0.717, 1.165) is 5.88 Å². The number of hydrogen-bond donors (Lipinski definition) is 0. The molecule has 0 aromatic heterocycles. The molecule has 0 radical (unpaired) electrons. The zero-order valence-electron chi connectivity index (χ0n) is 8.95. The maximum absolute atomic E-state index is 5.59. The minimum atomic E-state index is 0.829. The number of unbranched alkanes of at least 4 members (excludes halogenated alkanes) is 6. The highest BCUT2D eigenvalue weighted by molar-refractivity contribution is 6.17. The molecule has 13 heavy (non-hydrogen) atoms. The molecular weight excluding hydrogens is 180 g/mol. The van der Waals surface area contributed by atoms with Gasteiger partial charge in [-0.1, -0.05) is 37.7 Å². The van der Waals surface area contributed by atoms with Crippen LogP contribution in [0.25, 0.3) is 0 Å². The molecular formula is C12H23Cl. The number of rotatable bonds is 9. The number of hydrogen-bond acceptors (Lipinski definition) is 0. The molecule has 0 nitrogen and oxygen atoms in total. The number of alkyl halides is 1. The van der Waals surface area contributed by atoms with Gasteiger partial charge in [0.2, 0.25) is 0 Å². The Kier molecular flexibility index (Phi) is 10.1. The van der Waals surface area contributed by atoms with E-state index in [0.29, 0.717) is 0 Å². The first-order chi connectivity index (χ1) is 6.27. The van der Waals surface area contributed by atoms with Crippen LogP contribution in [0.15, 0.2) is 12.2 Å². The first-order valence-corrected chi connectivity index (χ1v) is 6.01. The van der Waals surface area contributed by atoms with Crippen LogP contribution < -0.4 is 0 Å². The summed E-state index contributed by atoms with van der Waals surface area (Å²) < 4.78 is 0. The summed E-state index contributed by atoms with van der Waals surface area (Å²) >= 11 is 5.59. The van der Waals surface area contributed by atoms with Gasteiger partial charge >= 0.3 is 0 Å². The summed E-state index contributed by atoms with van der Waals surface area (Å²) in [7, 11) is 0. The van der Waals surface area contributed by atoms with E-state index >= 15 is 0 Å². The normalized spacial score (nSPS) is 10.3. The lowest BCUT2D eigenvalue weighted by atomic mass is 10.1. The Morgan fingerprint density at radius 3 is 1.85 bits per heavy atom. The van der Waals surface area contributed by atoms with Crippen molar-refractivity contribution >= 4 is 11.6 Å². The van der Waals surface area contributed by atoms with Crippen LogP contribution in [0, 0.1) is 0 Å². The zero-order chi connectivity index (χ0) is 9.94. The summed E-state index contributed by atoms with van der Waals surface area (Å²) in [4.78, 5) is 0. The largest absolute Gasteiger partial charge is 0.127 e. The quantitative estimate of drug-likeness (QED) is 0.283. The fourth-order valence-corrected chi connectivity index (χ4v) is 1.59. The SMILES string of the molecule is C=C(C)CCCCCCCCCCl. The van der Waals surface area contributed by atoms with Gasteiger partial charge in [0.25, 0.3) is 0 Å². The molecule has 0 spiro atoms. The second kappa shape index (κ2) is 10.1. The van der Waals surface area contributed by atoms with Gasteiger partial charge in [-0.15, -0.1) is 18.2 Å². The van der Waals surface area contributed by atoms with Crippen molar-refractivity contribution in [2.75, 3.05) is 5.88 Å². The Labute approximate surface area is 88.4 Å². The summed E-state index contributed by atoms with van der Waals surface area (Å²) in [6.07, 6.45) is 10.5. The highest BCUT2D eigenvalue weighted by atomic mass is 35.5. The molecule has 0 saturated heterocycles. The second-order valence-corrected chi connectivity index (χ2v) is 4.25. The standard InChI is InChI=1S/C12H23Cl/c1-12(2)10-8-6-4-3-5-7-9-11-13/h1,3-11H2,2H3. The van der Waals surface area contributed by atoms with Crippen molar-refractivity contribution in [1.82, 2.24) is 0 Å². The minimum absolute atomic E-state index is 0.829. The van der Waals surface area contributed by atoms with Crippen LogP contribution in [0.1, 0.15) is 58.3 Å². The molecule has 0 aromatic rings. The van der Waals surface area contributed by atoms with E-state index in [4.69, 9.17) is 11.6 Å². The predicted molar refractivity (Wildman–Crippen MR) is 62.5 cm³/mol. The van der Waals surface area contributed by atoms with Crippen molar-refractivity contribution in [3.8, 4) is 0 Å². The molecule has 0 amide bonds. The third-order valence-corrected chi connectivity index (χ3v) is 2.50. The molecule has 0 heterocycles. The maximum atomic E-state index is 5.59. The Morgan fingerprint density at radius 1 is 0.923 bits per heavy atom. The number of halogens is 1. The summed E-state index contributed by atoms with van der Waals surface area (Å²) in [5.74, 6) is 0.829. The number of allylic oxidation sites excluding steroid dienone is 1. The van der Waals surface area contributed by atoms with Gasteiger partial charge in [-0.25, -0.2) is 0 Å². The van der Waals surface area contributed by atoms with Crippen molar-refractivity contribution < 1.29 is 0 Å². The first kappa shape index (κ1) is 13.0. The van der Waals surface area contributed by atoms with Gasteiger partial charge in [-0.05, 0) is 26.2 Å². The Bertz CT molecular complexity index is 118. The van der Waals surface area contributed by atoms with Crippen LogP contribution in [0.4, 0.5) is 0 Å². The van der Waals surface area contributed by atoms with Gasteiger partial charge in [0.1, 0.15) is 0 Å². The predicted octanol–water partition coefficient (Wildman–Crippen LogP) is 4.92. The van der Waals surface area contributed by atoms with E-state index in [1.807, 2.05) is 0 Å². The molecule has 0 aliphatic rings. The van der Waals surface area contributed by atoms with E-state index < -0.39 is 0 Å². The van der Waals surface area contributed by atoms with Crippen molar-refractivity contribution in [3.63, 3.8) is 0 Å². The molecule has 0 unspecified atom stereocenters. The maximum Gasteiger partial charge on any atom is 0.0223 e. The molecule has 0 fully saturated rings. The second-order valence-electron chi connectivity index (χ2n) is 3.87. The van der Waals surface area contributed by atoms with Gasteiger partial charge < -0.3 is 0 Å². The van der Waals surface area contributed by atoms with Gasteiger partial charge in [-0.2, -0.15) is 0 Å². The topological polar surface area (TPSA) is 0 Å². The van der Waals surface area contributed by atoms with Gasteiger partial charge in [0, 0.05) is 5.88 Å². The molecule has 0 bridgehead atoms. The molecule has 78 valence electrons. The van der Waals surface area contributed by atoms with Crippen LogP contribution in [0.2, 0.25) is 0 Å². The lowest BCUT2D eigenvalue weighted by molar-refractivity contribution is 0.589. The van der Waals surface area contributed by atoms with Gasteiger partial charge in [-0.3, -0.25) is 0 Å². The highest BCUT2D eigenvalue weighted by Gasteiger charge is 1.91. The van der Waals surface area contributed by atoms with Crippen molar-refractivity contribution in [2.45, 2.75) is 58.3 Å². The summed E-state index contributed by atoms with van der Waals surface area (Å²) in [5, 5.41) is 0. The molecule has 0 saturated carbocycles. The van der Waals surface area contributed by atoms with Crippen molar-refractivity contribution in [1.29, 1.82) is 0 Å².